The molecular weight excluding hydrogens is 367 g/mol. The van der Waals surface area contributed by atoms with Gasteiger partial charge in [-0.3, -0.25) is 9.20 Å². The maximum Gasteiger partial charge on any atom is 0.261 e. The minimum Gasteiger partial charge on any atom is -0.269 e. The Labute approximate surface area is 153 Å². The predicted molar refractivity (Wildman–Crippen MR) is 99.1 cm³/mol. The van der Waals surface area contributed by atoms with Crippen molar-refractivity contribution in [3.63, 3.8) is 0 Å². The van der Waals surface area contributed by atoms with Gasteiger partial charge in [-0.15, -0.1) is 0 Å². The number of hydrogen-bond donors (Lipinski definition) is 0. The van der Waals surface area contributed by atoms with E-state index in [1.165, 1.54) is 4.40 Å². The molecule has 1 aliphatic carbocycles. The first-order valence-corrected chi connectivity index (χ1v) is 8.54. The Hall–Kier alpha value is -1.81. The maximum absolute atomic E-state index is 12.7. The average molecular weight is 378 g/mol. The minimum absolute atomic E-state index is 0.0776. The Balaban J connectivity index is 1.94. The molecule has 24 heavy (non-hydrogen) atoms. The average Bonchev–Trinajstić information content (AvgIpc) is 2.95. The third-order valence-corrected chi connectivity index (χ3v) is 5.03. The third-order valence-electron chi connectivity index (χ3n) is 4.15. The van der Waals surface area contributed by atoms with Crippen LogP contribution >= 0.6 is 34.8 Å². The summed E-state index contributed by atoms with van der Waals surface area (Å²) in [5.74, 6) is 0. The van der Waals surface area contributed by atoms with Crippen molar-refractivity contribution in [2.75, 3.05) is 0 Å². The Morgan fingerprint density at radius 1 is 1.04 bits per heavy atom. The van der Waals surface area contributed by atoms with Crippen LogP contribution in [0, 0.1) is 0 Å². The molecule has 0 aliphatic heterocycles. The molecule has 0 radical (unpaired) electrons. The van der Waals surface area contributed by atoms with Gasteiger partial charge in [0.15, 0.2) is 0 Å². The summed E-state index contributed by atoms with van der Waals surface area (Å²) in [6, 6.07) is 8.85. The summed E-state index contributed by atoms with van der Waals surface area (Å²) in [6.07, 6.45) is 4.89. The number of hydrogen-bond acceptors (Lipinski definition) is 2. The smallest absolute Gasteiger partial charge is 0.261 e. The molecule has 3 nitrogen and oxygen atoms in total. The maximum atomic E-state index is 12.7. The Bertz CT molecular complexity index is 1050. The lowest BCUT2D eigenvalue weighted by Gasteiger charge is -2.07. The predicted octanol–water partition coefficient (Wildman–Crippen LogP) is 5.14. The van der Waals surface area contributed by atoms with Crippen molar-refractivity contribution in [3.8, 4) is 0 Å². The Morgan fingerprint density at radius 3 is 2.54 bits per heavy atom. The number of fused-ring (bicyclic) bond motifs is 2. The Kier molecular flexibility index (Phi) is 3.87. The molecule has 0 spiro atoms. The van der Waals surface area contributed by atoms with E-state index in [2.05, 4.69) is 4.98 Å². The van der Waals surface area contributed by atoms with Crippen molar-refractivity contribution in [3.05, 3.63) is 78.8 Å². The summed E-state index contributed by atoms with van der Waals surface area (Å²) in [4.78, 5) is 17.3. The molecule has 4 rings (SSSR count). The number of aromatic nitrogens is 2. The number of halogens is 3. The van der Waals surface area contributed by atoms with E-state index in [0.29, 0.717) is 32.7 Å². The highest BCUT2D eigenvalue weighted by molar-refractivity contribution is 6.37. The van der Waals surface area contributed by atoms with E-state index in [1.54, 1.807) is 36.5 Å². The number of rotatable bonds is 1. The zero-order valence-corrected chi connectivity index (χ0v) is 14.7. The van der Waals surface area contributed by atoms with Crippen LogP contribution < -0.4 is 5.56 Å². The monoisotopic (exact) mass is 376 g/mol. The second-order valence-corrected chi connectivity index (χ2v) is 6.88. The molecule has 0 unspecified atom stereocenters. The molecule has 0 N–H and O–H groups in total. The van der Waals surface area contributed by atoms with Crippen molar-refractivity contribution < 1.29 is 0 Å². The largest absolute Gasteiger partial charge is 0.269 e. The topological polar surface area (TPSA) is 34.4 Å². The van der Waals surface area contributed by atoms with Crippen molar-refractivity contribution in [2.45, 2.75) is 12.8 Å². The molecule has 3 aromatic rings. The van der Waals surface area contributed by atoms with E-state index in [-0.39, 0.29) is 5.56 Å². The van der Waals surface area contributed by atoms with Gasteiger partial charge in [0.2, 0.25) is 0 Å². The van der Waals surface area contributed by atoms with Gasteiger partial charge in [0.1, 0.15) is 5.65 Å². The minimum atomic E-state index is -0.0776. The number of benzene rings is 1. The third kappa shape index (κ3) is 2.53. The quantitative estimate of drug-likeness (QED) is 0.588. The molecule has 0 amide bonds. The summed E-state index contributed by atoms with van der Waals surface area (Å²) in [5, 5.41) is 1.66. The van der Waals surface area contributed by atoms with Crippen LogP contribution in [0.5, 0.6) is 0 Å². The molecule has 0 bridgehead atoms. The Morgan fingerprint density at radius 2 is 1.79 bits per heavy atom. The van der Waals surface area contributed by atoms with E-state index in [0.717, 1.165) is 23.3 Å². The lowest BCUT2D eigenvalue weighted by molar-refractivity contribution is 0.971. The van der Waals surface area contributed by atoms with Gasteiger partial charge in [-0.05, 0) is 48.8 Å². The van der Waals surface area contributed by atoms with Crippen LogP contribution in [-0.2, 0) is 6.42 Å². The highest BCUT2D eigenvalue weighted by Gasteiger charge is 2.23. The number of allylic oxidation sites excluding steroid dienone is 1. The van der Waals surface area contributed by atoms with Crippen LogP contribution in [0.4, 0.5) is 0 Å². The molecule has 0 saturated heterocycles. The fraction of sp³-hybridized carbons (Fsp3) is 0.111. The normalized spacial score (nSPS) is 15.2. The first-order valence-electron chi connectivity index (χ1n) is 7.40. The molecule has 6 heteroatoms. The number of pyridine rings is 1. The van der Waals surface area contributed by atoms with E-state index < -0.39 is 0 Å². The molecule has 0 atom stereocenters. The lowest BCUT2D eigenvalue weighted by atomic mass is 10.1. The fourth-order valence-corrected chi connectivity index (χ4v) is 3.65. The van der Waals surface area contributed by atoms with Crippen LogP contribution in [0.25, 0.3) is 17.3 Å². The fourth-order valence-electron chi connectivity index (χ4n) is 2.98. The van der Waals surface area contributed by atoms with Gasteiger partial charge >= 0.3 is 0 Å². The van der Waals surface area contributed by atoms with Gasteiger partial charge in [0, 0.05) is 27.4 Å². The van der Waals surface area contributed by atoms with Gasteiger partial charge in [0.25, 0.3) is 5.56 Å². The second-order valence-electron chi connectivity index (χ2n) is 5.62. The molecule has 1 aliphatic rings. The molecular formula is C18H11Cl3N2O. The van der Waals surface area contributed by atoms with E-state index >= 15 is 0 Å². The molecule has 2 heterocycles. The van der Waals surface area contributed by atoms with Crippen LogP contribution in [0.3, 0.4) is 0 Å². The molecule has 0 fully saturated rings. The van der Waals surface area contributed by atoms with E-state index in [4.69, 9.17) is 34.8 Å². The van der Waals surface area contributed by atoms with Crippen LogP contribution in [0.15, 0.2) is 41.3 Å². The van der Waals surface area contributed by atoms with Crippen molar-refractivity contribution in [1.82, 2.24) is 9.38 Å². The molecule has 2 aromatic heterocycles. The van der Waals surface area contributed by atoms with Gasteiger partial charge in [-0.1, -0.05) is 40.9 Å². The van der Waals surface area contributed by atoms with E-state index in [1.807, 2.05) is 6.08 Å². The summed E-state index contributed by atoms with van der Waals surface area (Å²) >= 11 is 18.5. The summed E-state index contributed by atoms with van der Waals surface area (Å²) in [6.45, 7) is 0. The van der Waals surface area contributed by atoms with Gasteiger partial charge in [0.05, 0.1) is 10.7 Å². The molecule has 0 saturated carbocycles. The van der Waals surface area contributed by atoms with Crippen molar-refractivity contribution in [2.24, 2.45) is 0 Å². The highest BCUT2D eigenvalue weighted by atomic mass is 35.5. The lowest BCUT2D eigenvalue weighted by Crippen LogP contribution is -2.19. The van der Waals surface area contributed by atoms with Gasteiger partial charge in [-0.25, -0.2) is 4.98 Å². The van der Waals surface area contributed by atoms with Crippen molar-refractivity contribution in [1.29, 1.82) is 0 Å². The zero-order chi connectivity index (χ0) is 16.8. The first kappa shape index (κ1) is 15.7. The summed E-state index contributed by atoms with van der Waals surface area (Å²) in [7, 11) is 0. The van der Waals surface area contributed by atoms with E-state index in [9.17, 15) is 4.79 Å². The second kappa shape index (κ2) is 5.92. The van der Waals surface area contributed by atoms with Gasteiger partial charge < -0.3 is 0 Å². The SMILES string of the molecule is O=c1c2c(nc3ccc(Cl)cn13)/C(=C\c1c(Cl)cccc1Cl)CC2. The van der Waals surface area contributed by atoms with Crippen molar-refractivity contribution >= 4 is 52.1 Å². The van der Waals surface area contributed by atoms with Crippen LogP contribution in [-0.4, -0.2) is 9.38 Å². The zero-order valence-electron chi connectivity index (χ0n) is 12.4. The number of nitrogens with zero attached hydrogens (tertiary/aromatic N) is 2. The van der Waals surface area contributed by atoms with Crippen LogP contribution in [0.2, 0.25) is 15.1 Å². The highest BCUT2D eigenvalue weighted by Crippen LogP contribution is 2.34. The standard InChI is InChI=1S/C18H11Cl3N2O/c19-11-5-7-16-22-17-10(4-6-12(17)18(24)23(16)9-11)8-13-14(20)2-1-3-15(13)21/h1-3,5,7-9H,4,6H2/b10-8-. The first-order chi connectivity index (χ1) is 11.5. The summed E-state index contributed by atoms with van der Waals surface area (Å²) in [5.41, 5.74) is 3.63. The summed E-state index contributed by atoms with van der Waals surface area (Å²) < 4.78 is 1.49. The molecule has 1 aromatic carbocycles. The van der Waals surface area contributed by atoms with Crippen LogP contribution in [0.1, 0.15) is 23.2 Å². The van der Waals surface area contributed by atoms with Gasteiger partial charge in [-0.2, -0.15) is 0 Å². The molecule has 120 valence electrons.